The summed E-state index contributed by atoms with van der Waals surface area (Å²) in [7, 11) is -3.36. The summed E-state index contributed by atoms with van der Waals surface area (Å²) in [5.41, 5.74) is 0.690. The molecule has 0 saturated carbocycles. The lowest BCUT2D eigenvalue weighted by Crippen LogP contribution is -2.40. The van der Waals surface area contributed by atoms with Gasteiger partial charge in [0.05, 0.1) is 18.1 Å². The van der Waals surface area contributed by atoms with Crippen LogP contribution in [0.25, 0.3) is 0 Å². The lowest BCUT2D eigenvalue weighted by atomic mass is 10.1. The summed E-state index contributed by atoms with van der Waals surface area (Å²) in [4.78, 5) is 10.8. The number of rotatable bonds is 6. The third kappa shape index (κ3) is 3.13. The largest absolute Gasteiger partial charge is 0.481 e. The van der Waals surface area contributed by atoms with Gasteiger partial charge in [0, 0.05) is 6.42 Å². The number of aliphatic carboxylic acids is 1. The molecule has 1 fully saturated rings. The molecule has 0 unspecified atom stereocenters. The Balaban J connectivity index is 2.18. The molecule has 19 heavy (non-hydrogen) atoms. The number of carbonyl (C=O) groups is 1. The maximum Gasteiger partial charge on any atom is 0.303 e. The van der Waals surface area contributed by atoms with Crippen molar-refractivity contribution in [2.24, 2.45) is 0 Å². The van der Waals surface area contributed by atoms with Crippen LogP contribution in [-0.4, -0.2) is 38.0 Å². The van der Waals surface area contributed by atoms with E-state index in [0.717, 1.165) is 0 Å². The van der Waals surface area contributed by atoms with Crippen LogP contribution in [0, 0.1) is 0 Å². The fourth-order valence-electron chi connectivity index (χ4n) is 1.99. The highest BCUT2D eigenvalue weighted by Gasteiger charge is 2.34. The van der Waals surface area contributed by atoms with Gasteiger partial charge < -0.3 is 9.84 Å². The zero-order chi connectivity index (χ0) is 13.9. The van der Waals surface area contributed by atoms with Crippen LogP contribution in [0.1, 0.15) is 18.4 Å². The third-order valence-corrected chi connectivity index (χ3v) is 5.32. The molecule has 0 amide bonds. The van der Waals surface area contributed by atoms with Gasteiger partial charge in [0.25, 0.3) is 0 Å². The normalized spacial score (nSPS) is 16.0. The maximum absolute atomic E-state index is 12.3. The topological polar surface area (TPSA) is 80.7 Å². The molecule has 1 aromatic carbocycles. The number of benzene rings is 1. The molecule has 1 N–H and O–H groups in total. The molecule has 1 heterocycles. The first kappa shape index (κ1) is 14.0. The molecule has 1 saturated heterocycles. The number of carboxylic acid groups (broad SMARTS) is 1. The Morgan fingerprint density at radius 1 is 1.32 bits per heavy atom. The van der Waals surface area contributed by atoms with Crippen LogP contribution in [-0.2, 0) is 25.8 Å². The Kier molecular flexibility index (Phi) is 4.21. The van der Waals surface area contributed by atoms with Gasteiger partial charge in [-0.3, -0.25) is 4.79 Å². The summed E-state index contributed by atoms with van der Waals surface area (Å²) < 4.78 is 29.6. The van der Waals surface area contributed by atoms with Crippen LogP contribution in [0.5, 0.6) is 0 Å². The summed E-state index contributed by atoms with van der Waals surface area (Å²) in [6, 6.07) is 6.79. The van der Waals surface area contributed by atoms with E-state index in [1.54, 1.807) is 24.3 Å². The summed E-state index contributed by atoms with van der Waals surface area (Å²) in [6.45, 7) is 0.484. The molecule has 0 atom stereocenters. The zero-order valence-electron chi connectivity index (χ0n) is 10.4. The molecule has 0 aromatic heterocycles. The van der Waals surface area contributed by atoms with E-state index in [-0.39, 0.29) is 19.6 Å². The lowest BCUT2D eigenvalue weighted by Gasteiger charge is -2.26. The first-order valence-electron chi connectivity index (χ1n) is 6.13. The fourth-order valence-corrected chi connectivity index (χ4v) is 3.70. The molecule has 5 nitrogen and oxygen atoms in total. The predicted octanol–water partition coefficient (Wildman–Crippen LogP) is 1.27. The third-order valence-electron chi connectivity index (χ3n) is 3.16. The Bertz CT molecular complexity index is 560. The van der Waals surface area contributed by atoms with Crippen LogP contribution >= 0.6 is 0 Å². The van der Waals surface area contributed by atoms with Crippen LogP contribution < -0.4 is 0 Å². The molecule has 2 rings (SSSR count). The van der Waals surface area contributed by atoms with E-state index in [0.29, 0.717) is 23.3 Å². The fraction of sp³-hybridized carbons (Fsp3) is 0.462. The van der Waals surface area contributed by atoms with Crippen molar-refractivity contribution >= 4 is 15.8 Å². The van der Waals surface area contributed by atoms with Gasteiger partial charge in [-0.25, -0.2) is 8.42 Å². The van der Waals surface area contributed by atoms with E-state index in [1.165, 1.54) is 0 Å². The van der Waals surface area contributed by atoms with Gasteiger partial charge in [0.15, 0.2) is 9.84 Å². The highest BCUT2D eigenvalue weighted by molar-refractivity contribution is 7.92. The Hall–Kier alpha value is -1.40. The second-order valence-electron chi connectivity index (χ2n) is 4.56. The first-order valence-corrected chi connectivity index (χ1v) is 7.68. The highest BCUT2D eigenvalue weighted by Crippen LogP contribution is 2.25. The average molecular weight is 284 g/mol. The highest BCUT2D eigenvalue weighted by atomic mass is 32.2. The quantitative estimate of drug-likeness (QED) is 0.850. The van der Waals surface area contributed by atoms with Gasteiger partial charge in [-0.1, -0.05) is 18.2 Å². The number of ether oxygens (including phenoxy) is 1. The molecule has 0 spiro atoms. The van der Waals surface area contributed by atoms with Gasteiger partial charge in [0.2, 0.25) is 0 Å². The smallest absolute Gasteiger partial charge is 0.303 e. The molecular formula is C13H16O5S. The number of carboxylic acids is 1. The minimum Gasteiger partial charge on any atom is -0.481 e. The Morgan fingerprint density at radius 3 is 2.58 bits per heavy atom. The van der Waals surface area contributed by atoms with E-state index in [9.17, 15) is 13.2 Å². The number of hydrogen-bond acceptors (Lipinski definition) is 4. The lowest BCUT2D eigenvalue weighted by molar-refractivity contribution is -0.137. The SMILES string of the molecule is O=C(O)CCCc1ccccc1S(=O)(=O)C1COC1. The van der Waals surface area contributed by atoms with Crippen molar-refractivity contribution in [1.29, 1.82) is 0 Å². The molecule has 6 heteroatoms. The standard InChI is InChI=1S/C13H16O5S/c14-13(15)7-3-5-10-4-1-2-6-12(10)19(16,17)11-8-18-9-11/h1-2,4,6,11H,3,5,7-9H2,(H,14,15). The molecule has 1 aliphatic heterocycles. The van der Waals surface area contributed by atoms with Crippen molar-refractivity contribution in [3.05, 3.63) is 29.8 Å². The monoisotopic (exact) mass is 284 g/mol. The zero-order valence-corrected chi connectivity index (χ0v) is 11.2. The van der Waals surface area contributed by atoms with E-state index in [4.69, 9.17) is 9.84 Å². The number of aryl methyl sites for hydroxylation is 1. The first-order chi connectivity index (χ1) is 9.01. The molecule has 0 radical (unpaired) electrons. The van der Waals surface area contributed by atoms with Gasteiger partial charge in [0.1, 0.15) is 5.25 Å². The summed E-state index contributed by atoms with van der Waals surface area (Å²) >= 11 is 0. The van der Waals surface area contributed by atoms with Gasteiger partial charge >= 0.3 is 5.97 Å². The second kappa shape index (κ2) is 5.71. The minimum absolute atomic E-state index is 0.0426. The maximum atomic E-state index is 12.3. The number of sulfone groups is 1. The van der Waals surface area contributed by atoms with Crippen molar-refractivity contribution < 1.29 is 23.1 Å². The van der Waals surface area contributed by atoms with Crippen LogP contribution in [0.4, 0.5) is 0 Å². The molecule has 1 aliphatic rings. The van der Waals surface area contributed by atoms with Crippen molar-refractivity contribution in [3.63, 3.8) is 0 Å². The Labute approximate surface area is 112 Å². The summed E-state index contributed by atoms with van der Waals surface area (Å²) in [5.74, 6) is -0.868. The van der Waals surface area contributed by atoms with Crippen molar-refractivity contribution in [2.75, 3.05) is 13.2 Å². The van der Waals surface area contributed by atoms with Gasteiger partial charge in [-0.15, -0.1) is 0 Å². The second-order valence-corrected chi connectivity index (χ2v) is 6.76. The number of hydrogen-bond donors (Lipinski definition) is 1. The van der Waals surface area contributed by atoms with Crippen molar-refractivity contribution in [1.82, 2.24) is 0 Å². The molecule has 104 valence electrons. The van der Waals surface area contributed by atoms with E-state index in [2.05, 4.69) is 0 Å². The van der Waals surface area contributed by atoms with Crippen LogP contribution in [0.3, 0.4) is 0 Å². The van der Waals surface area contributed by atoms with Gasteiger partial charge in [-0.05, 0) is 24.5 Å². The van der Waals surface area contributed by atoms with Crippen LogP contribution in [0.2, 0.25) is 0 Å². The van der Waals surface area contributed by atoms with Crippen molar-refractivity contribution in [2.45, 2.75) is 29.4 Å². The molecule has 1 aromatic rings. The molecule has 0 bridgehead atoms. The molecule has 0 aliphatic carbocycles. The van der Waals surface area contributed by atoms with E-state index < -0.39 is 21.1 Å². The van der Waals surface area contributed by atoms with E-state index in [1.807, 2.05) is 0 Å². The predicted molar refractivity (Wildman–Crippen MR) is 68.8 cm³/mol. The van der Waals surface area contributed by atoms with E-state index >= 15 is 0 Å². The van der Waals surface area contributed by atoms with Gasteiger partial charge in [-0.2, -0.15) is 0 Å². The molecular weight excluding hydrogens is 268 g/mol. The Morgan fingerprint density at radius 2 is 2.00 bits per heavy atom. The van der Waals surface area contributed by atoms with Crippen molar-refractivity contribution in [3.8, 4) is 0 Å². The average Bonchev–Trinajstić information content (AvgIpc) is 2.26. The minimum atomic E-state index is -3.36. The van der Waals surface area contributed by atoms with Crippen LogP contribution in [0.15, 0.2) is 29.2 Å². The summed E-state index contributed by atoms with van der Waals surface area (Å²) in [6.07, 6.45) is 0.930. The summed E-state index contributed by atoms with van der Waals surface area (Å²) in [5, 5.41) is 8.16.